The average molecular weight is 443 g/mol. The van der Waals surface area contributed by atoms with Gasteiger partial charge in [0.1, 0.15) is 18.8 Å². The van der Waals surface area contributed by atoms with Crippen LogP contribution < -0.4 is 5.32 Å². The van der Waals surface area contributed by atoms with E-state index >= 15 is 0 Å². The number of amides is 1. The van der Waals surface area contributed by atoms with E-state index in [1.54, 1.807) is 0 Å². The van der Waals surface area contributed by atoms with E-state index in [4.69, 9.17) is 23.7 Å². The molecule has 1 rings (SSSR count). The molecule has 0 bridgehead atoms. The lowest BCUT2D eigenvalue weighted by molar-refractivity contribution is -0.272. The van der Waals surface area contributed by atoms with Crippen LogP contribution in [0.3, 0.4) is 0 Å². The molecule has 170 valence electrons. The average Bonchev–Trinajstić information content (AvgIpc) is 2.56. The third-order valence-corrected chi connectivity index (χ3v) is 3.54. The smallest absolute Gasteiger partial charge is 0.463 e. The van der Waals surface area contributed by atoms with Crippen LogP contribution in [0.15, 0.2) is 0 Å². The van der Waals surface area contributed by atoms with Gasteiger partial charge in [-0.15, -0.1) is 0 Å². The van der Waals surface area contributed by atoms with Gasteiger partial charge >= 0.3 is 36.0 Å². The summed E-state index contributed by atoms with van der Waals surface area (Å²) >= 11 is 0. The molecule has 0 aromatic heterocycles. The Labute approximate surface area is 168 Å². The lowest BCUT2D eigenvalue weighted by Gasteiger charge is -2.44. The highest BCUT2D eigenvalue weighted by Crippen LogP contribution is 2.29. The number of ether oxygens (including phenoxy) is 5. The molecule has 5 unspecified atom stereocenters. The van der Waals surface area contributed by atoms with Gasteiger partial charge in [-0.3, -0.25) is 24.0 Å². The Morgan fingerprint density at radius 2 is 1.33 bits per heavy atom. The monoisotopic (exact) mass is 443 g/mol. The maximum atomic E-state index is 12.8. The van der Waals surface area contributed by atoms with Gasteiger partial charge in [0, 0.05) is 27.7 Å². The molecule has 11 nitrogen and oxygen atoms in total. The number of hydrogen-bond donors (Lipinski definition) is 1. The highest BCUT2D eigenvalue weighted by molar-refractivity contribution is 5.82. The molecule has 1 fully saturated rings. The minimum Gasteiger partial charge on any atom is -0.463 e. The van der Waals surface area contributed by atoms with Crippen LogP contribution in [-0.2, 0) is 47.7 Å². The summed E-state index contributed by atoms with van der Waals surface area (Å²) in [7, 11) is 0. The molecule has 30 heavy (non-hydrogen) atoms. The van der Waals surface area contributed by atoms with Gasteiger partial charge in [-0.05, 0) is 0 Å². The second-order valence-electron chi connectivity index (χ2n) is 6.10. The molecule has 0 spiro atoms. The largest absolute Gasteiger partial charge is 0.471 e. The van der Waals surface area contributed by atoms with E-state index < -0.39 is 73.2 Å². The molecule has 0 saturated carbocycles. The maximum absolute atomic E-state index is 12.8. The predicted octanol–water partition coefficient (Wildman–Crippen LogP) is -0.252. The summed E-state index contributed by atoms with van der Waals surface area (Å²) in [5.74, 6) is -6.20. The van der Waals surface area contributed by atoms with Crippen LogP contribution >= 0.6 is 0 Å². The summed E-state index contributed by atoms with van der Waals surface area (Å²) < 4.78 is 63.2. The first-order valence-electron chi connectivity index (χ1n) is 8.40. The van der Waals surface area contributed by atoms with Crippen molar-refractivity contribution in [3.63, 3.8) is 0 Å². The summed E-state index contributed by atoms with van der Waals surface area (Å²) in [5.41, 5.74) is 0. The number of hydrogen-bond acceptors (Lipinski definition) is 10. The van der Waals surface area contributed by atoms with Crippen molar-refractivity contribution < 1.29 is 60.8 Å². The van der Waals surface area contributed by atoms with Crippen LogP contribution in [0.5, 0.6) is 0 Å². The SMILES string of the molecule is CC(=O)OCC1OC(OC(C)=O)C(NC(=O)C(F)(F)F)C(OC(C)=O)C1OC(C)=O. The fourth-order valence-corrected chi connectivity index (χ4v) is 2.55. The standard InChI is InChI=1S/C16H20F3NO10/c1-6(21)26-5-10-12(27-7(2)22)13(28-8(3)23)11(14(30-10)29-9(4)24)20-15(25)16(17,18)19/h10-14H,5H2,1-4H3,(H,20,25). The Balaban J connectivity index is 3.39. The molecule has 1 aliphatic heterocycles. The van der Waals surface area contributed by atoms with Gasteiger partial charge in [0.25, 0.3) is 0 Å². The number of alkyl halides is 3. The van der Waals surface area contributed by atoms with Gasteiger partial charge in [0.2, 0.25) is 6.29 Å². The van der Waals surface area contributed by atoms with Gasteiger partial charge in [0.05, 0.1) is 0 Å². The van der Waals surface area contributed by atoms with E-state index in [2.05, 4.69) is 0 Å². The lowest BCUT2D eigenvalue weighted by Crippen LogP contribution is -2.67. The maximum Gasteiger partial charge on any atom is 0.471 e. The number of halogens is 3. The number of rotatable bonds is 6. The Morgan fingerprint density at radius 1 is 0.833 bits per heavy atom. The first-order valence-corrected chi connectivity index (χ1v) is 8.40. The van der Waals surface area contributed by atoms with Crippen molar-refractivity contribution in [1.82, 2.24) is 5.32 Å². The fraction of sp³-hybridized carbons (Fsp3) is 0.688. The fourth-order valence-electron chi connectivity index (χ4n) is 2.55. The van der Waals surface area contributed by atoms with Crippen molar-refractivity contribution in [2.24, 2.45) is 0 Å². The van der Waals surface area contributed by atoms with Gasteiger partial charge in [-0.25, -0.2) is 0 Å². The zero-order chi connectivity index (χ0) is 23.2. The Bertz CT molecular complexity index is 695. The van der Waals surface area contributed by atoms with Crippen LogP contribution in [0.1, 0.15) is 27.7 Å². The van der Waals surface area contributed by atoms with Crippen molar-refractivity contribution in [2.75, 3.05) is 6.61 Å². The first kappa shape index (κ1) is 25.1. The van der Waals surface area contributed by atoms with E-state index in [1.807, 2.05) is 0 Å². The number of carbonyl (C=O) groups is 5. The molecule has 14 heteroatoms. The molecule has 1 saturated heterocycles. The zero-order valence-corrected chi connectivity index (χ0v) is 16.3. The van der Waals surface area contributed by atoms with E-state index in [-0.39, 0.29) is 0 Å². The third-order valence-electron chi connectivity index (χ3n) is 3.54. The van der Waals surface area contributed by atoms with Crippen LogP contribution in [-0.4, -0.2) is 73.2 Å². The first-order chi connectivity index (χ1) is 13.7. The van der Waals surface area contributed by atoms with Crippen molar-refractivity contribution >= 4 is 29.8 Å². The van der Waals surface area contributed by atoms with E-state index in [9.17, 15) is 37.1 Å². The van der Waals surface area contributed by atoms with Gasteiger partial charge in [0.15, 0.2) is 12.2 Å². The second-order valence-corrected chi connectivity index (χ2v) is 6.10. The summed E-state index contributed by atoms with van der Waals surface area (Å²) in [4.78, 5) is 57.0. The molecule has 1 amide bonds. The van der Waals surface area contributed by atoms with Crippen molar-refractivity contribution in [2.45, 2.75) is 64.5 Å². The third kappa shape index (κ3) is 7.50. The molecule has 1 aliphatic rings. The molecule has 0 aliphatic carbocycles. The lowest BCUT2D eigenvalue weighted by atomic mass is 9.96. The Hall–Kier alpha value is -2.90. The molecule has 0 aromatic carbocycles. The topological polar surface area (TPSA) is 144 Å². The highest BCUT2D eigenvalue weighted by atomic mass is 19.4. The summed E-state index contributed by atoms with van der Waals surface area (Å²) in [5, 5.41) is 1.52. The minimum absolute atomic E-state index is 0.594. The van der Waals surface area contributed by atoms with Gasteiger partial charge in [-0.1, -0.05) is 0 Å². The zero-order valence-electron chi connectivity index (χ0n) is 16.3. The molecular formula is C16H20F3NO10. The predicted molar refractivity (Wildman–Crippen MR) is 86.2 cm³/mol. The molecule has 0 aromatic rings. The van der Waals surface area contributed by atoms with Gasteiger partial charge < -0.3 is 29.0 Å². The van der Waals surface area contributed by atoms with Crippen LogP contribution in [0.2, 0.25) is 0 Å². The van der Waals surface area contributed by atoms with E-state index in [0.717, 1.165) is 27.7 Å². The number of esters is 4. The van der Waals surface area contributed by atoms with E-state index in [1.165, 1.54) is 5.32 Å². The minimum atomic E-state index is -5.34. The molecule has 5 atom stereocenters. The number of nitrogens with one attached hydrogen (secondary N) is 1. The summed E-state index contributed by atoms with van der Waals surface area (Å²) in [6.07, 6.45) is -12.0. The van der Waals surface area contributed by atoms with Gasteiger partial charge in [-0.2, -0.15) is 13.2 Å². The van der Waals surface area contributed by atoms with E-state index in [0.29, 0.717) is 0 Å². The Kier molecular flexibility index (Phi) is 8.57. The van der Waals surface area contributed by atoms with Crippen LogP contribution in [0, 0.1) is 0 Å². The highest BCUT2D eigenvalue weighted by Gasteiger charge is 2.54. The van der Waals surface area contributed by atoms with Crippen molar-refractivity contribution in [3.8, 4) is 0 Å². The molecule has 0 radical (unpaired) electrons. The molecule has 1 N–H and O–H groups in total. The van der Waals surface area contributed by atoms with Crippen molar-refractivity contribution in [1.29, 1.82) is 0 Å². The van der Waals surface area contributed by atoms with Crippen molar-refractivity contribution in [3.05, 3.63) is 0 Å². The second kappa shape index (κ2) is 10.2. The Morgan fingerprint density at radius 3 is 1.77 bits per heavy atom. The summed E-state index contributed by atoms with van der Waals surface area (Å²) in [6, 6.07) is -1.91. The molecule has 1 heterocycles. The van der Waals surface area contributed by atoms with Crippen LogP contribution in [0.25, 0.3) is 0 Å². The van der Waals surface area contributed by atoms with Crippen LogP contribution in [0.4, 0.5) is 13.2 Å². The number of carbonyl (C=O) groups excluding carboxylic acids is 5. The molecular weight excluding hydrogens is 423 g/mol. The normalized spacial score (nSPS) is 26.2. The quantitative estimate of drug-likeness (QED) is 0.431. The summed E-state index contributed by atoms with van der Waals surface area (Å²) in [6.45, 7) is 3.22.